The lowest BCUT2D eigenvalue weighted by Gasteiger charge is -2.28. The van der Waals surface area contributed by atoms with Crippen molar-refractivity contribution in [2.45, 2.75) is 45.6 Å². The Bertz CT molecular complexity index is 390. The summed E-state index contributed by atoms with van der Waals surface area (Å²) in [6, 6.07) is 0.164. The second kappa shape index (κ2) is 6.10. The molecule has 19 heavy (non-hydrogen) atoms. The van der Waals surface area contributed by atoms with E-state index in [1.165, 1.54) is 32.4 Å². The van der Waals surface area contributed by atoms with E-state index in [2.05, 4.69) is 24.1 Å². The summed E-state index contributed by atoms with van der Waals surface area (Å²) in [6.07, 6.45) is 4.78. The van der Waals surface area contributed by atoms with E-state index in [1.807, 2.05) is 0 Å². The smallest absolute Gasteiger partial charge is 0.153 e. The van der Waals surface area contributed by atoms with Crippen molar-refractivity contribution in [3.63, 3.8) is 0 Å². The van der Waals surface area contributed by atoms with Crippen molar-refractivity contribution in [1.29, 1.82) is 0 Å². The number of nitrogens with one attached hydrogen (secondary N) is 1. The van der Waals surface area contributed by atoms with Crippen LogP contribution < -0.4 is 5.32 Å². The number of nitrogens with zero attached hydrogens (tertiary/aromatic N) is 1. The third-order valence-electron chi connectivity index (χ3n) is 5.11. The average Bonchev–Trinajstić information content (AvgIpc) is 2.80. The first-order valence-electron chi connectivity index (χ1n) is 7.65. The fraction of sp³-hybridized carbons (Fsp3) is 1.00. The number of rotatable bonds is 5. The lowest BCUT2D eigenvalue weighted by Crippen LogP contribution is -2.46. The van der Waals surface area contributed by atoms with Crippen molar-refractivity contribution in [2.24, 2.45) is 5.41 Å². The van der Waals surface area contributed by atoms with Crippen molar-refractivity contribution >= 4 is 9.84 Å². The predicted octanol–water partition coefficient (Wildman–Crippen LogP) is 1.28. The molecule has 5 heteroatoms. The van der Waals surface area contributed by atoms with Crippen LogP contribution in [0.15, 0.2) is 0 Å². The first-order valence-corrected chi connectivity index (χ1v) is 9.47. The number of sulfone groups is 1. The van der Waals surface area contributed by atoms with E-state index in [9.17, 15) is 8.42 Å². The van der Waals surface area contributed by atoms with Gasteiger partial charge >= 0.3 is 0 Å². The molecule has 0 saturated carbocycles. The van der Waals surface area contributed by atoms with Gasteiger partial charge in [0.25, 0.3) is 0 Å². The van der Waals surface area contributed by atoms with E-state index in [4.69, 9.17) is 0 Å². The maximum absolute atomic E-state index is 11.6. The molecule has 2 rings (SSSR count). The highest BCUT2D eigenvalue weighted by molar-refractivity contribution is 7.91. The zero-order chi connectivity index (χ0) is 13.9. The molecule has 1 atom stereocenters. The van der Waals surface area contributed by atoms with Crippen molar-refractivity contribution < 1.29 is 8.42 Å². The molecule has 0 radical (unpaired) electrons. The number of hydrogen-bond acceptors (Lipinski definition) is 4. The van der Waals surface area contributed by atoms with Gasteiger partial charge in [-0.3, -0.25) is 0 Å². The second-order valence-electron chi connectivity index (χ2n) is 6.29. The highest BCUT2D eigenvalue weighted by atomic mass is 32.2. The lowest BCUT2D eigenvalue weighted by molar-refractivity contribution is 0.234. The lowest BCUT2D eigenvalue weighted by atomic mass is 9.82. The van der Waals surface area contributed by atoms with Crippen LogP contribution in [0.1, 0.15) is 39.5 Å². The van der Waals surface area contributed by atoms with Gasteiger partial charge in [-0.2, -0.15) is 0 Å². The maximum atomic E-state index is 11.6. The molecule has 1 N–H and O–H groups in total. The molecule has 4 nitrogen and oxygen atoms in total. The van der Waals surface area contributed by atoms with Crippen LogP contribution in [0.5, 0.6) is 0 Å². The molecular formula is C14H28N2O2S. The van der Waals surface area contributed by atoms with Gasteiger partial charge in [-0.05, 0) is 44.2 Å². The molecule has 0 aromatic heterocycles. The van der Waals surface area contributed by atoms with Crippen LogP contribution in [0.3, 0.4) is 0 Å². The van der Waals surface area contributed by atoms with E-state index in [1.54, 1.807) is 0 Å². The molecule has 1 unspecified atom stereocenters. The molecule has 0 aromatic carbocycles. The Balaban J connectivity index is 1.78. The van der Waals surface area contributed by atoms with Gasteiger partial charge in [0, 0.05) is 19.1 Å². The molecule has 0 amide bonds. The minimum atomic E-state index is -2.79. The normalized spacial score (nSPS) is 30.5. The first-order chi connectivity index (χ1) is 8.99. The Morgan fingerprint density at radius 1 is 1.32 bits per heavy atom. The summed E-state index contributed by atoms with van der Waals surface area (Å²) in [7, 11) is -2.79. The molecule has 2 fully saturated rings. The Hall–Kier alpha value is -0.130. The minimum absolute atomic E-state index is 0.164. The van der Waals surface area contributed by atoms with Gasteiger partial charge in [0.1, 0.15) is 0 Å². The van der Waals surface area contributed by atoms with Crippen molar-refractivity contribution in [2.75, 3.05) is 37.7 Å². The molecule has 2 saturated heterocycles. The third kappa shape index (κ3) is 3.92. The highest BCUT2D eigenvalue weighted by Crippen LogP contribution is 2.36. The second-order valence-corrected chi connectivity index (χ2v) is 8.52. The van der Waals surface area contributed by atoms with Crippen molar-refractivity contribution in [3.8, 4) is 0 Å². The van der Waals surface area contributed by atoms with Crippen LogP contribution in [0.2, 0.25) is 0 Å². The van der Waals surface area contributed by atoms with Gasteiger partial charge < -0.3 is 10.2 Å². The van der Waals surface area contributed by atoms with Gasteiger partial charge in [-0.1, -0.05) is 13.8 Å². The van der Waals surface area contributed by atoms with Crippen LogP contribution >= 0.6 is 0 Å². The van der Waals surface area contributed by atoms with Crippen molar-refractivity contribution in [1.82, 2.24) is 10.2 Å². The molecular weight excluding hydrogens is 260 g/mol. The van der Waals surface area contributed by atoms with Crippen LogP contribution in [0, 0.1) is 5.41 Å². The molecule has 112 valence electrons. The summed E-state index contributed by atoms with van der Waals surface area (Å²) in [5.74, 6) is 0.634. The van der Waals surface area contributed by atoms with Gasteiger partial charge in [0.05, 0.1) is 11.5 Å². The molecule has 0 bridgehead atoms. The van der Waals surface area contributed by atoms with E-state index >= 15 is 0 Å². The Morgan fingerprint density at radius 2 is 2.05 bits per heavy atom. The van der Waals surface area contributed by atoms with Gasteiger partial charge in [-0.15, -0.1) is 0 Å². The summed E-state index contributed by atoms with van der Waals surface area (Å²) >= 11 is 0. The molecule has 0 spiro atoms. The zero-order valence-electron chi connectivity index (χ0n) is 12.3. The molecule has 2 heterocycles. The largest absolute Gasteiger partial charge is 0.312 e. The highest BCUT2D eigenvalue weighted by Gasteiger charge is 2.35. The fourth-order valence-corrected chi connectivity index (χ4v) is 4.93. The molecule has 0 aliphatic carbocycles. The van der Waals surface area contributed by atoms with E-state index < -0.39 is 9.84 Å². The van der Waals surface area contributed by atoms with Gasteiger partial charge in [0.2, 0.25) is 0 Å². The van der Waals surface area contributed by atoms with Crippen LogP contribution in [-0.4, -0.2) is 57.0 Å². The average molecular weight is 288 g/mol. The van der Waals surface area contributed by atoms with E-state index in [-0.39, 0.29) is 6.04 Å². The van der Waals surface area contributed by atoms with E-state index in [0.717, 1.165) is 13.0 Å². The molecule has 2 aliphatic heterocycles. The Kier molecular flexibility index (Phi) is 4.90. The number of likely N-dealkylation sites (tertiary alicyclic amines) is 1. The van der Waals surface area contributed by atoms with Crippen LogP contribution in [-0.2, 0) is 9.84 Å². The SMILES string of the molecule is CCC1(CC)CCN(CCC2CS(=O)(=O)CCN2)C1. The summed E-state index contributed by atoms with van der Waals surface area (Å²) in [5.41, 5.74) is 0.520. The molecule has 2 aliphatic rings. The standard InChI is InChI=1S/C14H28N2O2S/c1-3-14(4-2)6-9-16(12-14)8-5-13-11-19(17,18)10-7-15-13/h13,15H,3-12H2,1-2H3. The fourth-order valence-electron chi connectivity index (χ4n) is 3.44. The summed E-state index contributed by atoms with van der Waals surface area (Å²) in [6.45, 7) is 8.63. The monoisotopic (exact) mass is 288 g/mol. The van der Waals surface area contributed by atoms with E-state index in [0.29, 0.717) is 23.5 Å². The summed E-state index contributed by atoms with van der Waals surface area (Å²) < 4.78 is 23.2. The Labute approximate surface area is 117 Å². The van der Waals surface area contributed by atoms with Crippen LogP contribution in [0.4, 0.5) is 0 Å². The zero-order valence-corrected chi connectivity index (χ0v) is 13.1. The summed E-state index contributed by atoms with van der Waals surface area (Å²) in [5, 5.41) is 3.34. The van der Waals surface area contributed by atoms with Crippen molar-refractivity contribution in [3.05, 3.63) is 0 Å². The van der Waals surface area contributed by atoms with Gasteiger partial charge in [0.15, 0.2) is 9.84 Å². The van der Waals surface area contributed by atoms with Gasteiger partial charge in [-0.25, -0.2) is 8.42 Å². The first kappa shape index (κ1) is 15.3. The Morgan fingerprint density at radius 3 is 2.63 bits per heavy atom. The topological polar surface area (TPSA) is 49.4 Å². The minimum Gasteiger partial charge on any atom is -0.312 e. The van der Waals surface area contributed by atoms with Crippen LogP contribution in [0.25, 0.3) is 0 Å². The predicted molar refractivity (Wildman–Crippen MR) is 79.1 cm³/mol. The molecule has 0 aromatic rings. The maximum Gasteiger partial charge on any atom is 0.153 e. The quantitative estimate of drug-likeness (QED) is 0.828. The number of hydrogen-bond donors (Lipinski definition) is 1. The summed E-state index contributed by atoms with van der Waals surface area (Å²) in [4.78, 5) is 2.52. The third-order valence-corrected chi connectivity index (χ3v) is 6.85.